The van der Waals surface area contributed by atoms with Crippen LogP contribution in [0.5, 0.6) is 11.5 Å². The van der Waals surface area contributed by atoms with Crippen LogP contribution in [0, 0.1) is 55.4 Å². The van der Waals surface area contributed by atoms with Crippen LogP contribution < -0.4 is 44.3 Å². The number of aliphatic imine (C=N–C) groups is 3. The van der Waals surface area contributed by atoms with E-state index in [0.29, 0.717) is 40.6 Å². The van der Waals surface area contributed by atoms with Crippen LogP contribution in [0.3, 0.4) is 0 Å². The van der Waals surface area contributed by atoms with Crippen LogP contribution in [0.25, 0.3) is 11.4 Å². The molecule has 30 heteroatoms. The number of phenols is 2. The summed E-state index contributed by atoms with van der Waals surface area (Å²) < 4.78 is 65.2. The molecule has 0 aliphatic heterocycles. The fourth-order valence-electron chi connectivity index (χ4n) is 9.50. The number of phenolic OH excluding ortho intramolecular Hbond substituents is 2. The molecule has 550 valence electrons. The zero-order valence-corrected chi connectivity index (χ0v) is 62.1. The Labute approximate surface area is 633 Å². The topological polar surface area (TPSA) is 420 Å². The molecule has 0 amide bonds. The molecule has 10 aromatic carbocycles. The Kier molecular flexibility index (Phi) is 29.0. The molecule has 13 N–H and O–H groups in total. The predicted molar refractivity (Wildman–Crippen MR) is 420 cm³/mol. The minimum Gasteiger partial charge on any atom is -0.506 e. The van der Waals surface area contributed by atoms with Gasteiger partial charge in [0.1, 0.15) is 34.0 Å². The van der Waals surface area contributed by atoms with Gasteiger partial charge in [0.2, 0.25) is 0 Å². The first-order chi connectivity index (χ1) is 50.5. The summed E-state index contributed by atoms with van der Waals surface area (Å²) in [5, 5.41) is 52.2. The fourth-order valence-corrected chi connectivity index (χ4v) is 10.5. The molecule has 2 aromatic heterocycles. The van der Waals surface area contributed by atoms with Crippen LogP contribution in [-0.4, -0.2) is 73.6 Å². The van der Waals surface area contributed by atoms with E-state index in [1.807, 2.05) is 187 Å². The monoisotopic (exact) mass is 1520 g/mol. The van der Waals surface area contributed by atoms with Gasteiger partial charge in [-0.05, 0) is 172 Å². The van der Waals surface area contributed by atoms with Crippen LogP contribution >= 0.6 is 0 Å². The van der Waals surface area contributed by atoms with Crippen LogP contribution in [0.4, 0.5) is 56.9 Å². The number of nitrogens with two attached hydrogens (primary N) is 3. The van der Waals surface area contributed by atoms with E-state index in [4.69, 9.17) is 26.3 Å². The molecule has 107 heavy (non-hydrogen) atoms. The fraction of sp³-hybridized carbons (Fsp3) is 0.104. The maximum atomic E-state index is 12.5. The first-order valence-corrected chi connectivity index (χ1v) is 35.2. The molecule has 2 heterocycles. The van der Waals surface area contributed by atoms with Gasteiger partial charge in [0.05, 0.1) is 38.2 Å². The molecule has 12 aromatic rings. The Morgan fingerprint density at radius 2 is 0.645 bits per heavy atom. The summed E-state index contributed by atoms with van der Waals surface area (Å²) in [6.45, 7) is 15.3. The van der Waals surface area contributed by atoms with E-state index in [-0.39, 0.29) is 55.9 Å². The van der Waals surface area contributed by atoms with Gasteiger partial charge in [0.25, 0.3) is 20.2 Å². The molecule has 0 atom stereocenters. The Morgan fingerprint density at radius 1 is 0.383 bits per heavy atom. The van der Waals surface area contributed by atoms with Crippen LogP contribution in [-0.2, 0) is 37.6 Å². The number of nitrogens with zero attached hydrogens (tertiary/aromatic N) is 11. The Hall–Kier alpha value is -12.8. The van der Waals surface area contributed by atoms with E-state index >= 15 is 0 Å². The van der Waals surface area contributed by atoms with E-state index in [0.717, 1.165) is 113 Å². The van der Waals surface area contributed by atoms with Crippen LogP contribution in [0.1, 0.15) is 49.0 Å². The van der Waals surface area contributed by atoms with E-state index in [1.54, 1.807) is 74.5 Å². The van der Waals surface area contributed by atoms with Crippen molar-refractivity contribution in [3.8, 4) is 22.9 Å². The summed E-state index contributed by atoms with van der Waals surface area (Å²) >= 11 is 0. The SMILES string of the molecule is Cc1ccccc1N=C(N)Nc1ccccc1C.Cc1ccccc1N=C(N)Nc1ccccc1C.Cc1ccccc1N=C(N)Nc1ccccc1C.Cc1nn(-c2ccccc2)c(=O)[c-]1N=Nc1cc(S(=O)(=O)O)ccc1O.Cc1nn(-c2ccccc2)c(=O)[c-]1N=Nc1cc(S(=O)(=O)O)ccc1O.[Cr].[H+].[H+].[H+]. The number of para-hydroxylation sites is 8. The van der Waals surface area contributed by atoms with Crippen LogP contribution in [0.15, 0.2) is 297 Å². The third kappa shape index (κ3) is 23.6. The van der Waals surface area contributed by atoms with Crippen molar-refractivity contribution in [2.45, 2.75) is 65.2 Å². The van der Waals surface area contributed by atoms with Gasteiger partial charge >= 0.3 is 4.28 Å². The first-order valence-electron chi connectivity index (χ1n) is 32.3. The molecular weight excluding hydrogens is 1440 g/mol. The smallest absolute Gasteiger partial charge is 0.506 e. The number of nitrogens with one attached hydrogen (secondary N) is 3. The summed E-state index contributed by atoms with van der Waals surface area (Å²) in [6.07, 6.45) is 0. The second kappa shape index (κ2) is 38.1. The van der Waals surface area contributed by atoms with Crippen LogP contribution in [0.2, 0.25) is 0 Å². The maximum absolute atomic E-state index is 12.5. The third-order valence-corrected chi connectivity index (χ3v) is 17.0. The van der Waals surface area contributed by atoms with E-state index < -0.39 is 41.1 Å². The quantitative estimate of drug-likeness (QED) is 0.0159. The van der Waals surface area contributed by atoms with Crippen molar-refractivity contribution in [3.63, 3.8) is 0 Å². The summed E-state index contributed by atoms with van der Waals surface area (Å²) in [5.41, 5.74) is 30.2. The molecule has 0 saturated heterocycles. The molecule has 0 aliphatic carbocycles. The van der Waals surface area contributed by atoms with E-state index in [1.165, 1.54) is 0 Å². The number of guanidine groups is 3. The van der Waals surface area contributed by atoms with Gasteiger partial charge in [0, 0.05) is 34.4 Å². The van der Waals surface area contributed by atoms with Gasteiger partial charge in [-0.15, -0.1) is 11.4 Å². The van der Waals surface area contributed by atoms with E-state index in [2.05, 4.69) is 61.6 Å². The number of hydrogen-bond acceptors (Lipinski definition) is 17. The number of hydrogen-bond donors (Lipinski definition) is 10. The van der Waals surface area contributed by atoms with Gasteiger partial charge in [-0.1, -0.05) is 171 Å². The second-order valence-corrected chi connectivity index (χ2v) is 26.1. The molecule has 27 nitrogen and oxygen atoms in total. The Bertz CT molecular complexity index is 5170. The number of aromatic hydroxyl groups is 2. The zero-order valence-electron chi connectivity index (χ0n) is 62.2. The maximum Gasteiger partial charge on any atom is 1.00 e. The molecule has 0 fully saturated rings. The standard InChI is InChI=1S/2C16H13N4O5S.3C15H17N3.Cr/c2*1-10-15(16(22)20(19-10)11-5-3-2-4-6-11)18-17-13-9-12(26(23,24)25)7-8-14(13)21;3*1-11-7-3-5-9-13(11)17-15(16)18-14-10-6-4-8-12(14)2;/h2*2-9,21H,1H3,(H,23,24,25);3*3-10H,1-2H3,(H3,16,17,18);/q2*-1;;;;/p+3. The van der Waals surface area contributed by atoms with Crippen molar-refractivity contribution < 1.29 is 57.8 Å². The molecule has 0 unspecified atom stereocenters. The number of azo groups is 2. The summed E-state index contributed by atoms with van der Waals surface area (Å²) in [5.74, 6) is 0.485. The Balaban J connectivity index is 0.000000291. The van der Waals surface area contributed by atoms with Crippen molar-refractivity contribution in [1.82, 2.24) is 19.6 Å². The van der Waals surface area contributed by atoms with Gasteiger partial charge < -0.3 is 63.2 Å². The predicted octanol–water partition coefficient (Wildman–Crippen LogP) is 15.7. The molecule has 0 aliphatic rings. The molecule has 0 radical (unpaired) electrons. The number of benzene rings is 10. The minimum atomic E-state index is -4.46. The number of anilines is 3. The summed E-state index contributed by atoms with van der Waals surface area (Å²) in [4.78, 5) is 37.2. The average Bonchev–Trinajstić information content (AvgIpc) is 1.68. The van der Waals surface area contributed by atoms with Gasteiger partial charge in [-0.25, -0.2) is 34.5 Å². The third-order valence-electron chi connectivity index (χ3n) is 15.3. The number of aromatic nitrogens is 4. The number of rotatable bonds is 14. The average molecular weight is 1520 g/mol. The molecule has 12 rings (SSSR count). The van der Waals surface area contributed by atoms with E-state index in [9.17, 15) is 36.6 Å². The van der Waals surface area contributed by atoms with Crippen molar-refractivity contribution in [3.05, 3.63) is 308 Å². The largest absolute Gasteiger partial charge is 1.00 e. The van der Waals surface area contributed by atoms with Gasteiger partial charge in [-0.2, -0.15) is 27.1 Å². The van der Waals surface area contributed by atoms with Crippen molar-refractivity contribution in [2.75, 3.05) is 16.0 Å². The molecule has 0 bridgehead atoms. The summed E-state index contributed by atoms with van der Waals surface area (Å²) in [7, 11) is -8.93. The number of aryl methyl sites for hydroxylation is 8. The normalized spacial score (nSPS) is 11.5. The minimum absolute atomic E-state index is 0. The molecule has 0 saturated carbocycles. The van der Waals surface area contributed by atoms with Gasteiger partial charge in [-0.3, -0.25) is 9.11 Å². The molecule has 0 spiro atoms. The van der Waals surface area contributed by atoms with Crippen molar-refractivity contribution >= 4 is 95.0 Å². The Morgan fingerprint density at radius 3 is 0.916 bits per heavy atom. The molecular formula is C77H80CrN17O10S2+. The van der Waals surface area contributed by atoms with Crippen molar-refractivity contribution in [1.29, 1.82) is 0 Å². The first kappa shape index (κ1) is 81.5. The zero-order chi connectivity index (χ0) is 76.7. The van der Waals surface area contributed by atoms with Gasteiger partial charge in [0.15, 0.2) is 17.9 Å². The van der Waals surface area contributed by atoms with Crippen molar-refractivity contribution in [2.24, 2.45) is 52.6 Å². The summed E-state index contributed by atoms with van der Waals surface area (Å²) in [6, 6.07) is 71.1. The second-order valence-electron chi connectivity index (χ2n) is 23.3.